The van der Waals surface area contributed by atoms with E-state index in [-0.39, 0.29) is 5.75 Å². The Morgan fingerprint density at radius 3 is 2.77 bits per heavy atom. The van der Waals surface area contributed by atoms with E-state index in [1.807, 2.05) is 19.1 Å². The van der Waals surface area contributed by atoms with Gasteiger partial charge < -0.3 is 10.8 Å². The topological polar surface area (TPSA) is 80.4 Å². The van der Waals surface area contributed by atoms with Gasteiger partial charge in [-0.25, -0.2) is 0 Å². The van der Waals surface area contributed by atoms with Gasteiger partial charge in [0.1, 0.15) is 6.04 Å². The number of rotatable bonds is 6. The fourth-order valence-corrected chi connectivity index (χ4v) is 1.83. The molecular formula is C8H15NO3S. The van der Waals surface area contributed by atoms with Crippen molar-refractivity contribution >= 4 is 16.8 Å². The summed E-state index contributed by atoms with van der Waals surface area (Å²) in [5.74, 6) is -0.586. The summed E-state index contributed by atoms with van der Waals surface area (Å²) in [7, 11) is -1.13. The van der Waals surface area contributed by atoms with E-state index in [0.29, 0.717) is 12.2 Å². The van der Waals surface area contributed by atoms with Gasteiger partial charge in [-0.15, -0.1) is 0 Å². The largest absolute Gasteiger partial charge is 0.480 e. The molecule has 76 valence electrons. The molecule has 0 bridgehead atoms. The molecule has 0 aliphatic heterocycles. The van der Waals surface area contributed by atoms with Gasteiger partial charge in [0.15, 0.2) is 0 Å². The van der Waals surface area contributed by atoms with Crippen molar-refractivity contribution in [3.8, 4) is 0 Å². The summed E-state index contributed by atoms with van der Waals surface area (Å²) in [6, 6.07) is -1.01. The van der Waals surface area contributed by atoms with Gasteiger partial charge in [-0.2, -0.15) is 0 Å². The van der Waals surface area contributed by atoms with E-state index in [1.165, 1.54) is 0 Å². The van der Waals surface area contributed by atoms with E-state index >= 15 is 0 Å². The van der Waals surface area contributed by atoms with Gasteiger partial charge in [-0.1, -0.05) is 12.2 Å². The molecule has 4 nitrogen and oxygen atoms in total. The van der Waals surface area contributed by atoms with E-state index < -0.39 is 22.8 Å². The zero-order valence-corrected chi connectivity index (χ0v) is 8.42. The van der Waals surface area contributed by atoms with Crippen LogP contribution in [0.4, 0.5) is 0 Å². The van der Waals surface area contributed by atoms with Crippen LogP contribution in [-0.4, -0.2) is 32.8 Å². The van der Waals surface area contributed by atoms with E-state index in [9.17, 15) is 9.00 Å². The van der Waals surface area contributed by atoms with Gasteiger partial charge in [0.2, 0.25) is 0 Å². The lowest BCUT2D eigenvalue weighted by molar-refractivity contribution is -0.137. The van der Waals surface area contributed by atoms with Crippen LogP contribution in [-0.2, 0) is 15.6 Å². The number of aliphatic carboxylic acids is 1. The van der Waals surface area contributed by atoms with E-state index in [1.54, 1.807) is 0 Å². The highest BCUT2D eigenvalue weighted by Gasteiger charge is 2.14. The van der Waals surface area contributed by atoms with Crippen LogP contribution in [0.25, 0.3) is 0 Å². The highest BCUT2D eigenvalue weighted by atomic mass is 32.2. The molecule has 0 fully saturated rings. The average Bonchev–Trinajstić information content (AvgIpc) is 2.04. The van der Waals surface area contributed by atoms with Crippen LogP contribution in [0, 0.1) is 0 Å². The van der Waals surface area contributed by atoms with Crippen molar-refractivity contribution in [1.82, 2.24) is 0 Å². The first-order valence-corrected chi connectivity index (χ1v) is 5.51. The normalized spacial score (nSPS) is 15.8. The van der Waals surface area contributed by atoms with Gasteiger partial charge in [0.25, 0.3) is 0 Å². The van der Waals surface area contributed by atoms with Gasteiger partial charge in [0.05, 0.1) is 0 Å². The highest BCUT2D eigenvalue weighted by molar-refractivity contribution is 7.85. The summed E-state index contributed by atoms with van der Waals surface area (Å²) in [5.41, 5.74) is 5.21. The molecular weight excluding hydrogens is 190 g/mol. The molecule has 0 aliphatic carbocycles. The second kappa shape index (κ2) is 6.80. The smallest absolute Gasteiger partial charge is 0.321 e. The third-order valence-corrected chi connectivity index (χ3v) is 2.85. The average molecular weight is 205 g/mol. The Kier molecular flexibility index (Phi) is 6.44. The summed E-state index contributed by atoms with van der Waals surface area (Å²) in [6.07, 6.45) is 4.47. The Labute approximate surface area is 80.3 Å². The zero-order valence-electron chi connectivity index (χ0n) is 7.60. The third-order valence-electron chi connectivity index (χ3n) is 1.43. The minimum absolute atomic E-state index is 0.0346. The summed E-state index contributed by atoms with van der Waals surface area (Å²) in [5, 5.41) is 8.43. The van der Waals surface area contributed by atoms with Gasteiger partial charge in [-0.3, -0.25) is 9.00 Å². The molecule has 0 spiro atoms. The molecule has 0 rings (SSSR count). The monoisotopic (exact) mass is 205 g/mol. The summed E-state index contributed by atoms with van der Waals surface area (Å²) in [6.45, 7) is 1.88. The maximum atomic E-state index is 11.2. The first-order valence-electron chi connectivity index (χ1n) is 4.02. The van der Waals surface area contributed by atoms with Crippen molar-refractivity contribution in [2.75, 3.05) is 11.5 Å². The number of carboxylic acid groups (broad SMARTS) is 1. The van der Waals surface area contributed by atoms with Crippen molar-refractivity contribution < 1.29 is 14.1 Å². The Balaban J connectivity index is 3.68. The lowest BCUT2D eigenvalue weighted by atomic mass is 10.4. The van der Waals surface area contributed by atoms with Crippen molar-refractivity contribution in [3.63, 3.8) is 0 Å². The van der Waals surface area contributed by atoms with Crippen LogP contribution in [0.1, 0.15) is 13.3 Å². The summed E-state index contributed by atoms with van der Waals surface area (Å²) < 4.78 is 11.2. The molecule has 0 heterocycles. The molecule has 0 aromatic heterocycles. The first-order chi connectivity index (χ1) is 6.07. The molecule has 0 unspecified atom stereocenters. The van der Waals surface area contributed by atoms with Crippen LogP contribution in [0.5, 0.6) is 0 Å². The second-order valence-electron chi connectivity index (χ2n) is 2.61. The molecule has 0 saturated carbocycles. The molecule has 0 radical (unpaired) electrons. The fourth-order valence-electron chi connectivity index (χ4n) is 0.721. The lowest BCUT2D eigenvalue weighted by Gasteiger charge is -2.04. The van der Waals surface area contributed by atoms with Crippen molar-refractivity contribution in [1.29, 1.82) is 0 Å². The van der Waals surface area contributed by atoms with Crippen molar-refractivity contribution in [2.45, 2.75) is 19.4 Å². The van der Waals surface area contributed by atoms with Crippen molar-refractivity contribution in [2.24, 2.45) is 5.73 Å². The molecule has 0 aromatic carbocycles. The van der Waals surface area contributed by atoms with Crippen LogP contribution in [0.3, 0.4) is 0 Å². The molecule has 0 saturated heterocycles. The van der Waals surface area contributed by atoms with Gasteiger partial charge in [0, 0.05) is 22.3 Å². The first kappa shape index (κ1) is 12.3. The fraction of sp³-hybridized carbons (Fsp3) is 0.625. The molecule has 0 aromatic rings. The number of nitrogens with two attached hydrogens (primary N) is 1. The van der Waals surface area contributed by atoms with Crippen LogP contribution in [0.15, 0.2) is 12.2 Å². The predicted molar refractivity (Wildman–Crippen MR) is 52.9 cm³/mol. The quantitative estimate of drug-likeness (QED) is 0.603. The third kappa shape index (κ3) is 6.48. The Morgan fingerprint density at radius 2 is 2.31 bits per heavy atom. The van der Waals surface area contributed by atoms with Gasteiger partial charge in [-0.05, 0) is 13.3 Å². The van der Waals surface area contributed by atoms with Crippen LogP contribution < -0.4 is 5.73 Å². The minimum atomic E-state index is -1.13. The van der Waals surface area contributed by atoms with Gasteiger partial charge >= 0.3 is 5.97 Å². The maximum Gasteiger partial charge on any atom is 0.321 e. The number of carbonyl (C=O) groups is 1. The minimum Gasteiger partial charge on any atom is -0.480 e. The van der Waals surface area contributed by atoms with Crippen molar-refractivity contribution in [3.05, 3.63) is 12.2 Å². The lowest BCUT2D eigenvalue weighted by Crippen LogP contribution is -2.35. The van der Waals surface area contributed by atoms with Crippen LogP contribution in [0.2, 0.25) is 0 Å². The number of allylic oxidation sites excluding steroid dienone is 2. The Morgan fingerprint density at radius 1 is 1.69 bits per heavy atom. The summed E-state index contributed by atoms with van der Waals surface area (Å²) >= 11 is 0. The number of hydrogen-bond donors (Lipinski definition) is 2. The SMILES string of the molecule is C/C=C/CC[S@](=O)C[C@H](N)C(=O)O. The number of hydrogen-bond acceptors (Lipinski definition) is 3. The molecule has 2 atom stereocenters. The van der Waals surface area contributed by atoms with E-state index in [4.69, 9.17) is 10.8 Å². The Bertz CT molecular complexity index is 215. The van der Waals surface area contributed by atoms with E-state index in [2.05, 4.69) is 0 Å². The molecule has 0 amide bonds. The second-order valence-corrected chi connectivity index (χ2v) is 4.23. The summed E-state index contributed by atoms with van der Waals surface area (Å²) in [4.78, 5) is 10.3. The highest BCUT2D eigenvalue weighted by Crippen LogP contribution is 1.92. The molecule has 3 N–H and O–H groups in total. The molecule has 0 aliphatic rings. The van der Waals surface area contributed by atoms with Crippen LogP contribution >= 0.6 is 0 Å². The molecule has 5 heteroatoms. The predicted octanol–water partition coefficient (Wildman–Crippen LogP) is 0.113. The zero-order chi connectivity index (χ0) is 10.3. The standard InChI is InChI=1S/C8H15NO3S/c1-2-3-4-5-13(12)6-7(9)8(10)11/h2-3,7H,4-6,9H2,1H3,(H,10,11)/b3-2+/t7-,13-/m0/s1. The Hall–Kier alpha value is -0.680. The number of carboxylic acids is 1. The maximum absolute atomic E-state index is 11.2. The molecule has 13 heavy (non-hydrogen) atoms. The van der Waals surface area contributed by atoms with E-state index in [0.717, 1.165) is 0 Å².